The summed E-state index contributed by atoms with van der Waals surface area (Å²) < 4.78 is 0. The van der Waals surface area contributed by atoms with E-state index >= 15 is 0 Å². The molecule has 1 atom stereocenters. The molecule has 26 heavy (non-hydrogen) atoms. The molecule has 1 aliphatic heterocycles. The number of nitrogens with zero attached hydrogens (tertiary/aromatic N) is 1. The van der Waals surface area contributed by atoms with E-state index in [-0.39, 0.29) is 11.9 Å². The van der Waals surface area contributed by atoms with Gasteiger partial charge in [0.15, 0.2) is 0 Å². The number of nitrogens with one attached hydrogen (secondary N) is 1. The van der Waals surface area contributed by atoms with Gasteiger partial charge >= 0.3 is 0 Å². The fraction of sp³-hybridized carbons (Fsp3) is 0.174. The van der Waals surface area contributed by atoms with Crippen molar-refractivity contribution in [1.82, 2.24) is 0 Å². The zero-order valence-electron chi connectivity index (χ0n) is 14.9. The lowest BCUT2D eigenvalue weighted by Crippen LogP contribution is -2.41. The molecule has 130 valence electrons. The quantitative estimate of drug-likeness (QED) is 0.742. The van der Waals surface area contributed by atoms with Gasteiger partial charge in [-0.2, -0.15) is 0 Å². The van der Waals surface area contributed by atoms with Gasteiger partial charge in [0.2, 0.25) is 5.91 Å². The predicted octanol–water partition coefficient (Wildman–Crippen LogP) is 4.74. The van der Waals surface area contributed by atoms with Gasteiger partial charge in [0, 0.05) is 23.5 Å². The minimum atomic E-state index is -0.220. The van der Waals surface area contributed by atoms with Crippen molar-refractivity contribution >= 4 is 17.3 Å². The van der Waals surface area contributed by atoms with Crippen LogP contribution < -0.4 is 10.2 Å². The van der Waals surface area contributed by atoms with Crippen LogP contribution in [0.1, 0.15) is 12.5 Å². The van der Waals surface area contributed by atoms with E-state index in [0.717, 1.165) is 29.8 Å². The summed E-state index contributed by atoms with van der Waals surface area (Å²) in [4.78, 5) is 15.1. The van der Waals surface area contributed by atoms with E-state index in [0.29, 0.717) is 0 Å². The van der Waals surface area contributed by atoms with Gasteiger partial charge in [0.05, 0.1) is 0 Å². The monoisotopic (exact) mass is 342 g/mol. The molecule has 0 aliphatic carbocycles. The van der Waals surface area contributed by atoms with Crippen LogP contribution in [0.3, 0.4) is 0 Å². The summed E-state index contributed by atoms with van der Waals surface area (Å²) in [5.41, 5.74) is 5.48. The highest BCUT2D eigenvalue weighted by Gasteiger charge is 2.27. The number of amides is 1. The maximum atomic E-state index is 12.9. The van der Waals surface area contributed by atoms with E-state index in [2.05, 4.69) is 40.5 Å². The van der Waals surface area contributed by atoms with Crippen LogP contribution in [-0.2, 0) is 11.2 Å². The van der Waals surface area contributed by atoms with Crippen LogP contribution in [0.25, 0.3) is 11.1 Å². The molecule has 0 fully saturated rings. The topological polar surface area (TPSA) is 32.3 Å². The summed E-state index contributed by atoms with van der Waals surface area (Å²) in [5.74, 6) is 0.0186. The molecule has 0 saturated carbocycles. The fourth-order valence-corrected chi connectivity index (χ4v) is 3.61. The van der Waals surface area contributed by atoms with E-state index in [1.54, 1.807) is 0 Å². The summed E-state index contributed by atoms with van der Waals surface area (Å²) in [6.45, 7) is 2.86. The van der Waals surface area contributed by atoms with Crippen molar-refractivity contribution in [2.75, 3.05) is 16.8 Å². The first kappa shape index (κ1) is 16.4. The molecule has 1 unspecified atom stereocenters. The minimum Gasteiger partial charge on any atom is -0.359 e. The Kier molecular flexibility index (Phi) is 4.44. The molecule has 0 radical (unpaired) electrons. The Balaban J connectivity index is 1.56. The van der Waals surface area contributed by atoms with Crippen molar-refractivity contribution < 1.29 is 4.79 Å². The summed E-state index contributed by atoms with van der Waals surface area (Å²) >= 11 is 0. The molecule has 3 aromatic rings. The lowest BCUT2D eigenvalue weighted by molar-refractivity contribution is -0.117. The Hall–Kier alpha value is -3.07. The molecule has 0 aromatic heterocycles. The Morgan fingerprint density at radius 2 is 1.62 bits per heavy atom. The molecular weight excluding hydrogens is 320 g/mol. The van der Waals surface area contributed by atoms with Crippen LogP contribution in [0.4, 0.5) is 11.4 Å². The second-order valence-electron chi connectivity index (χ2n) is 6.65. The zero-order chi connectivity index (χ0) is 17.9. The standard InChI is InChI=1S/C23H22N2O/c1-17(25-16-15-19-11-5-8-14-22(19)25)23(26)24-21-13-7-6-12-20(21)18-9-3-2-4-10-18/h2-14,17H,15-16H2,1H3,(H,24,26). The zero-order valence-corrected chi connectivity index (χ0v) is 14.9. The Morgan fingerprint density at radius 1 is 0.923 bits per heavy atom. The van der Waals surface area contributed by atoms with Gasteiger partial charge in [-0.1, -0.05) is 66.7 Å². The van der Waals surface area contributed by atoms with Gasteiger partial charge in [-0.3, -0.25) is 4.79 Å². The van der Waals surface area contributed by atoms with Crippen molar-refractivity contribution in [2.45, 2.75) is 19.4 Å². The largest absolute Gasteiger partial charge is 0.359 e. The summed E-state index contributed by atoms with van der Waals surface area (Å²) in [7, 11) is 0. The average molecular weight is 342 g/mol. The molecule has 1 N–H and O–H groups in total. The number of para-hydroxylation sites is 2. The number of fused-ring (bicyclic) bond motifs is 1. The van der Waals surface area contributed by atoms with Crippen molar-refractivity contribution in [1.29, 1.82) is 0 Å². The van der Waals surface area contributed by atoms with Crippen LogP contribution in [0, 0.1) is 0 Å². The Bertz CT molecular complexity index is 920. The third kappa shape index (κ3) is 3.08. The fourth-order valence-electron chi connectivity index (χ4n) is 3.61. The van der Waals surface area contributed by atoms with Crippen molar-refractivity contribution in [2.24, 2.45) is 0 Å². The van der Waals surface area contributed by atoms with Crippen molar-refractivity contribution in [3.05, 3.63) is 84.4 Å². The van der Waals surface area contributed by atoms with Crippen LogP contribution in [0.15, 0.2) is 78.9 Å². The maximum Gasteiger partial charge on any atom is 0.246 e. The van der Waals surface area contributed by atoms with Gasteiger partial charge < -0.3 is 10.2 Å². The van der Waals surface area contributed by atoms with Crippen LogP contribution in [0.2, 0.25) is 0 Å². The first-order valence-electron chi connectivity index (χ1n) is 9.04. The molecular formula is C23H22N2O. The smallest absolute Gasteiger partial charge is 0.246 e. The molecule has 0 spiro atoms. The SMILES string of the molecule is CC(C(=O)Nc1ccccc1-c1ccccc1)N1CCc2ccccc21. The lowest BCUT2D eigenvalue weighted by Gasteiger charge is -2.26. The first-order chi connectivity index (χ1) is 12.7. The number of anilines is 2. The molecule has 3 aromatic carbocycles. The second kappa shape index (κ2) is 7.04. The van der Waals surface area contributed by atoms with E-state index in [4.69, 9.17) is 0 Å². The lowest BCUT2D eigenvalue weighted by atomic mass is 10.0. The van der Waals surface area contributed by atoms with Gasteiger partial charge in [-0.15, -0.1) is 0 Å². The average Bonchev–Trinajstić information content (AvgIpc) is 3.12. The summed E-state index contributed by atoms with van der Waals surface area (Å²) in [6, 6.07) is 26.2. The summed E-state index contributed by atoms with van der Waals surface area (Å²) in [6.07, 6.45) is 0.994. The number of rotatable bonds is 4. The Morgan fingerprint density at radius 3 is 2.46 bits per heavy atom. The van der Waals surface area contributed by atoms with Crippen molar-refractivity contribution in [3.63, 3.8) is 0 Å². The predicted molar refractivity (Wildman–Crippen MR) is 107 cm³/mol. The molecule has 1 heterocycles. The van der Waals surface area contributed by atoms with Crippen LogP contribution >= 0.6 is 0 Å². The minimum absolute atomic E-state index is 0.0186. The summed E-state index contributed by atoms with van der Waals surface area (Å²) in [5, 5.41) is 3.14. The second-order valence-corrected chi connectivity index (χ2v) is 6.65. The molecule has 1 amide bonds. The molecule has 0 saturated heterocycles. The molecule has 3 nitrogen and oxygen atoms in total. The van der Waals surface area contributed by atoms with Gasteiger partial charge in [-0.05, 0) is 36.6 Å². The number of carbonyl (C=O) groups excluding carboxylic acids is 1. The number of hydrogen-bond acceptors (Lipinski definition) is 2. The van der Waals surface area contributed by atoms with Gasteiger partial charge in [0.25, 0.3) is 0 Å². The number of carbonyl (C=O) groups is 1. The van der Waals surface area contributed by atoms with Gasteiger partial charge in [0.1, 0.15) is 6.04 Å². The highest BCUT2D eigenvalue weighted by Crippen LogP contribution is 2.31. The third-order valence-corrected chi connectivity index (χ3v) is 5.04. The van der Waals surface area contributed by atoms with E-state index in [1.165, 1.54) is 11.3 Å². The first-order valence-corrected chi connectivity index (χ1v) is 9.04. The van der Waals surface area contributed by atoms with E-state index in [1.807, 2.05) is 55.5 Å². The van der Waals surface area contributed by atoms with Gasteiger partial charge in [-0.25, -0.2) is 0 Å². The normalized spacial score (nSPS) is 14.0. The van der Waals surface area contributed by atoms with E-state index in [9.17, 15) is 4.79 Å². The highest BCUT2D eigenvalue weighted by molar-refractivity contribution is 6.00. The van der Waals surface area contributed by atoms with E-state index < -0.39 is 0 Å². The molecule has 3 heteroatoms. The molecule has 1 aliphatic rings. The van der Waals surface area contributed by atoms with Crippen molar-refractivity contribution in [3.8, 4) is 11.1 Å². The van der Waals surface area contributed by atoms with Crippen LogP contribution in [0.5, 0.6) is 0 Å². The number of hydrogen-bond donors (Lipinski definition) is 1. The maximum absolute atomic E-state index is 12.9. The van der Waals surface area contributed by atoms with Crippen LogP contribution in [-0.4, -0.2) is 18.5 Å². The molecule has 4 rings (SSSR count). The molecule has 0 bridgehead atoms. The third-order valence-electron chi connectivity index (χ3n) is 5.04. The highest BCUT2D eigenvalue weighted by atomic mass is 16.2. The number of benzene rings is 3. The Labute approximate surface area is 154 Å².